The highest BCUT2D eigenvalue weighted by molar-refractivity contribution is 6.32. The molecular formula is C9H12ClN. The number of aromatic nitrogens is 1. The predicted molar refractivity (Wildman–Crippen MR) is 48.2 cm³/mol. The molecule has 0 saturated carbocycles. The van der Waals surface area contributed by atoms with E-state index in [0.29, 0.717) is 0 Å². The molecule has 1 heterocycles. The summed E-state index contributed by atoms with van der Waals surface area (Å²) in [5, 5.41) is 0.799. The molecule has 0 N–H and O–H groups in total. The van der Waals surface area contributed by atoms with E-state index >= 15 is 0 Å². The number of hydrogen-bond acceptors (Lipinski definition) is 1. The Morgan fingerprint density at radius 1 is 0.909 bits per heavy atom. The molecule has 0 aliphatic rings. The second-order valence-electron chi connectivity index (χ2n) is 2.85. The highest BCUT2D eigenvalue weighted by atomic mass is 35.5. The average molecular weight is 170 g/mol. The SMILES string of the molecule is Cc1nc(C)c(Cl)c(C)c1C. The maximum Gasteiger partial charge on any atom is 0.0650 e. The van der Waals surface area contributed by atoms with Gasteiger partial charge in [-0.2, -0.15) is 0 Å². The molecule has 0 bridgehead atoms. The molecule has 0 aliphatic heterocycles. The van der Waals surface area contributed by atoms with Gasteiger partial charge in [-0.15, -0.1) is 0 Å². The number of pyridine rings is 1. The zero-order valence-corrected chi connectivity index (χ0v) is 8.08. The van der Waals surface area contributed by atoms with Crippen LogP contribution in [0.1, 0.15) is 22.5 Å². The standard InChI is InChI=1S/C9H12ClN/c1-5-6(2)9(10)8(4)11-7(5)3/h1-4H3. The van der Waals surface area contributed by atoms with E-state index in [2.05, 4.69) is 4.98 Å². The third-order valence-corrected chi connectivity index (χ3v) is 2.64. The normalized spacial score (nSPS) is 10.3. The topological polar surface area (TPSA) is 12.9 Å². The molecule has 11 heavy (non-hydrogen) atoms. The van der Waals surface area contributed by atoms with Crippen molar-refractivity contribution in [3.05, 3.63) is 27.5 Å². The van der Waals surface area contributed by atoms with Gasteiger partial charge in [-0.3, -0.25) is 4.98 Å². The summed E-state index contributed by atoms with van der Waals surface area (Å²) in [6.45, 7) is 8.01. The van der Waals surface area contributed by atoms with Crippen LogP contribution >= 0.6 is 11.6 Å². The molecule has 0 atom stereocenters. The molecule has 60 valence electrons. The van der Waals surface area contributed by atoms with Gasteiger partial charge in [-0.05, 0) is 38.8 Å². The highest BCUT2D eigenvalue weighted by Gasteiger charge is 2.05. The molecule has 1 rings (SSSR count). The fourth-order valence-electron chi connectivity index (χ4n) is 1.09. The first-order valence-electron chi connectivity index (χ1n) is 3.64. The summed E-state index contributed by atoms with van der Waals surface area (Å²) in [6, 6.07) is 0. The number of hydrogen-bond donors (Lipinski definition) is 0. The lowest BCUT2D eigenvalue weighted by Gasteiger charge is -2.07. The second-order valence-corrected chi connectivity index (χ2v) is 3.22. The molecule has 2 heteroatoms. The summed E-state index contributed by atoms with van der Waals surface area (Å²) >= 11 is 5.99. The Kier molecular flexibility index (Phi) is 2.19. The van der Waals surface area contributed by atoms with Crippen LogP contribution < -0.4 is 0 Å². The van der Waals surface area contributed by atoms with Crippen LogP contribution in [0, 0.1) is 27.7 Å². The molecule has 0 fully saturated rings. The van der Waals surface area contributed by atoms with Crippen molar-refractivity contribution in [3.8, 4) is 0 Å². The van der Waals surface area contributed by atoms with Crippen molar-refractivity contribution < 1.29 is 0 Å². The van der Waals surface area contributed by atoms with Crippen molar-refractivity contribution in [2.24, 2.45) is 0 Å². The van der Waals surface area contributed by atoms with Crippen LogP contribution in [0.15, 0.2) is 0 Å². The lowest BCUT2D eigenvalue weighted by molar-refractivity contribution is 1.07. The zero-order valence-electron chi connectivity index (χ0n) is 7.33. The van der Waals surface area contributed by atoms with Gasteiger partial charge >= 0.3 is 0 Å². The Hall–Kier alpha value is -0.560. The molecule has 1 nitrogen and oxygen atoms in total. The van der Waals surface area contributed by atoms with Crippen LogP contribution in [-0.2, 0) is 0 Å². The maximum atomic E-state index is 5.99. The minimum atomic E-state index is 0.799. The maximum absolute atomic E-state index is 5.99. The van der Waals surface area contributed by atoms with Gasteiger partial charge in [0.2, 0.25) is 0 Å². The van der Waals surface area contributed by atoms with E-state index in [9.17, 15) is 0 Å². The average Bonchev–Trinajstić information content (AvgIpc) is 1.97. The fourth-order valence-corrected chi connectivity index (χ4v) is 1.28. The van der Waals surface area contributed by atoms with Crippen molar-refractivity contribution >= 4 is 11.6 Å². The lowest BCUT2D eigenvalue weighted by atomic mass is 10.1. The van der Waals surface area contributed by atoms with E-state index in [1.54, 1.807) is 0 Å². The summed E-state index contributed by atoms with van der Waals surface area (Å²) < 4.78 is 0. The van der Waals surface area contributed by atoms with Crippen molar-refractivity contribution in [3.63, 3.8) is 0 Å². The number of nitrogens with zero attached hydrogens (tertiary/aromatic N) is 1. The summed E-state index contributed by atoms with van der Waals surface area (Å²) in [4.78, 5) is 4.30. The second kappa shape index (κ2) is 2.82. The van der Waals surface area contributed by atoms with Crippen molar-refractivity contribution in [2.75, 3.05) is 0 Å². The van der Waals surface area contributed by atoms with Gasteiger partial charge in [0.15, 0.2) is 0 Å². The van der Waals surface area contributed by atoms with E-state index in [0.717, 1.165) is 22.0 Å². The first-order chi connectivity index (χ1) is 5.04. The first-order valence-corrected chi connectivity index (χ1v) is 4.01. The monoisotopic (exact) mass is 169 g/mol. The van der Waals surface area contributed by atoms with Crippen molar-refractivity contribution in [1.82, 2.24) is 4.98 Å². The molecule has 0 saturated heterocycles. The Morgan fingerprint density at radius 3 is 2.00 bits per heavy atom. The van der Waals surface area contributed by atoms with Gasteiger partial charge < -0.3 is 0 Å². The van der Waals surface area contributed by atoms with Gasteiger partial charge in [-0.25, -0.2) is 0 Å². The number of rotatable bonds is 0. The molecule has 0 amide bonds. The van der Waals surface area contributed by atoms with E-state index in [1.807, 2.05) is 27.7 Å². The third-order valence-electron chi connectivity index (χ3n) is 2.09. The largest absolute Gasteiger partial charge is 0.257 e. The fraction of sp³-hybridized carbons (Fsp3) is 0.444. The van der Waals surface area contributed by atoms with E-state index < -0.39 is 0 Å². The Labute approximate surface area is 72.4 Å². The molecule has 0 aromatic carbocycles. The lowest BCUT2D eigenvalue weighted by Crippen LogP contribution is -1.95. The van der Waals surface area contributed by atoms with Gasteiger partial charge in [0.25, 0.3) is 0 Å². The smallest absolute Gasteiger partial charge is 0.0650 e. The Balaban J connectivity index is 3.46. The Morgan fingerprint density at radius 2 is 1.45 bits per heavy atom. The van der Waals surface area contributed by atoms with Crippen LogP contribution in [0.3, 0.4) is 0 Å². The van der Waals surface area contributed by atoms with Gasteiger partial charge in [0, 0.05) is 5.69 Å². The van der Waals surface area contributed by atoms with Crippen molar-refractivity contribution in [2.45, 2.75) is 27.7 Å². The summed E-state index contributed by atoms with van der Waals surface area (Å²) in [6.07, 6.45) is 0. The highest BCUT2D eigenvalue weighted by Crippen LogP contribution is 2.22. The van der Waals surface area contributed by atoms with E-state index in [4.69, 9.17) is 11.6 Å². The molecule has 0 spiro atoms. The predicted octanol–water partition coefficient (Wildman–Crippen LogP) is 2.97. The quantitative estimate of drug-likeness (QED) is 0.582. The van der Waals surface area contributed by atoms with Crippen LogP contribution in [0.25, 0.3) is 0 Å². The molecule has 1 aromatic heterocycles. The minimum absolute atomic E-state index is 0.799. The number of halogens is 1. The molecule has 1 aromatic rings. The minimum Gasteiger partial charge on any atom is -0.257 e. The van der Waals surface area contributed by atoms with Crippen LogP contribution in [-0.4, -0.2) is 4.98 Å². The van der Waals surface area contributed by atoms with Gasteiger partial charge in [0.1, 0.15) is 0 Å². The van der Waals surface area contributed by atoms with Crippen LogP contribution in [0.5, 0.6) is 0 Å². The van der Waals surface area contributed by atoms with E-state index in [-0.39, 0.29) is 0 Å². The van der Waals surface area contributed by atoms with E-state index in [1.165, 1.54) is 5.56 Å². The number of aryl methyl sites for hydroxylation is 2. The summed E-state index contributed by atoms with van der Waals surface area (Å²) in [7, 11) is 0. The van der Waals surface area contributed by atoms with Gasteiger partial charge in [0.05, 0.1) is 10.7 Å². The van der Waals surface area contributed by atoms with Crippen LogP contribution in [0.4, 0.5) is 0 Å². The first kappa shape index (κ1) is 8.54. The summed E-state index contributed by atoms with van der Waals surface area (Å²) in [5.74, 6) is 0. The summed E-state index contributed by atoms with van der Waals surface area (Å²) in [5.41, 5.74) is 4.34. The molecular weight excluding hydrogens is 158 g/mol. The molecule has 0 radical (unpaired) electrons. The Bertz CT molecular complexity index is 266. The van der Waals surface area contributed by atoms with Crippen molar-refractivity contribution in [1.29, 1.82) is 0 Å². The van der Waals surface area contributed by atoms with Crippen LogP contribution in [0.2, 0.25) is 5.02 Å². The zero-order chi connectivity index (χ0) is 8.59. The third kappa shape index (κ3) is 1.38. The molecule has 0 unspecified atom stereocenters. The van der Waals surface area contributed by atoms with Gasteiger partial charge in [-0.1, -0.05) is 11.6 Å². The molecule has 0 aliphatic carbocycles.